The summed E-state index contributed by atoms with van der Waals surface area (Å²) in [4.78, 5) is 12.7. The highest BCUT2D eigenvalue weighted by Gasteiger charge is 2.37. The van der Waals surface area contributed by atoms with Gasteiger partial charge in [0.05, 0.1) is 10.5 Å². The van der Waals surface area contributed by atoms with E-state index in [4.69, 9.17) is 0 Å². The Labute approximate surface area is 90.4 Å². The number of nitro groups is 1. The first-order valence-corrected chi connectivity index (χ1v) is 4.75. The Bertz CT molecular complexity index is 394. The van der Waals surface area contributed by atoms with Crippen LogP contribution >= 0.6 is 15.9 Å². The standard InChI is InChI=1S/C7H4BrF3N2O2/c8-3-4-5(13(14)15)1-2-12-6(4)7(9,10)11/h1-2H,3H2. The van der Waals surface area contributed by atoms with Crippen molar-refractivity contribution in [3.63, 3.8) is 0 Å². The van der Waals surface area contributed by atoms with Crippen molar-refractivity contribution in [2.24, 2.45) is 0 Å². The Hall–Kier alpha value is -1.18. The van der Waals surface area contributed by atoms with Crippen molar-refractivity contribution >= 4 is 21.6 Å². The molecule has 1 aromatic heterocycles. The van der Waals surface area contributed by atoms with Crippen LogP contribution in [-0.2, 0) is 11.5 Å². The van der Waals surface area contributed by atoms with Gasteiger partial charge in [0.1, 0.15) is 0 Å². The Morgan fingerprint density at radius 1 is 1.53 bits per heavy atom. The minimum atomic E-state index is -4.69. The van der Waals surface area contributed by atoms with Crippen molar-refractivity contribution in [3.05, 3.63) is 33.6 Å². The largest absolute Gasteiger partial charge is 0.433 e. The molecular formula is C7H4BrF3N2O2. The summed E-state index contributed by atoms with van der Waals surface area (Å²) in [7, 11) is 0. The number of aromatic nitrogens is 1. The molecule has 0 spiro atoms. The fraction of sp³-hybridized carbons (Fsp3) is 0.286. The van der Waals surface area contributed by atoms with Gasteiger partial charge >= 0.3 is 6.18 Å². The van der Waals surface area contributed by atoms with Gasteiger partial charge in [0.25, 0.3) is 5.69 Å². The van der Waals surface area contributed by atoms with E-state index in [-0.39, 0.29) is 5.33 Å². The fourth-order valence-corrected chi connectivity index (χ4v) is 1.58. The maximum Gasteiger partial charge on any atom is 0.433 e. The molecule has 0 N–H and O–H groups in total. The van der Waals surface area contributed by atoms with Crippen molar-refractivity contribution in [2.75, 3.05) is 0 Å². The molecule has 1 heterocycles. The second-order valence-electron chi connectivity index (χ2n) is 2.55. The maximum atomic E-state index is 12.4. The van der Waals surface area contributed by atoms with E-state index >= 15 is 0 Å². The van der Waals surface area contributed by atoms with Gasteiger partial charge in [0, 0.05) is 17.6 Å². The lowest BCUT2D eigenvalue weighted by Crippen LogP contribution is -2.12. The number of halogens is 4. The number of alkyl halides is 4. The van der Waals surface area contributed by atoms with E-state index in [1.54, 1.807) is 0 Å². The summed E-state index contributed by atoms with van der Waals surface area (Å²) in [6, 6.07) is 0.936. The monoisotopic (exact) mass is 284 g/mol. The predicted octanol–water partition coefficient (Wildman–Crippen LogP) is 2.90. The predicted molar refractivity (Wildman–Crippen MR) is 48.5 cm³/mol. The zero-order chi connectivity index (χ0) is 11.6. The van der Waals surface area contributed by atoms with Gasteiger partial charge in [-0.15, -0.1) is 0 Å². The lowest BCUT2D eigenvalue weighted by atomic mass is 10.2. The van der Waals surface area contributed by atoms with Crippen molar-refractivity contribution in [1.82, 2.24) is 4.98 Å². The first kappa shape index (κ1) is 11.9. The molecule has 0 aromatic carbocycles. The van der Waals surface area contributed by atoms with E-state index in [0.29, 0.717) is 0 Å². The minimum absolute atomic E-state index is 0.272. The first-order chi connectivity index (χ1) is 6.88. The van der Waals surface area contributed by atoms with Crippen LogP contribution in [0.25, 0.3) is 0 Å². The van der Waals surface area contributed by atoms with Crippen LogP contribution < -0.4 is 0 Å². The summed E-state index contributed by atoms with van der Waals surface area (Å²) in [5.74, 6) is 0. The van der Waals surface area contributed by atoms with Gasteiger partial charge in [-0.2, -0.15) is 13.2 Å². The van der Waals surface area contributed by atoms with Gasteiger partial charge in [-0.05, 0) is 0 Å². The molecule has 0 atom stereocenters. The summed E-state index contributed by atoms with van der Waals surface area (Å²) in [5, 5.41) is 10.2. The van der Waals surface area contributed by atoms with Gasteiger partial charge in [-0.1, -0.05) is 15.9 Å². The van der Waals surface area contributed by atoms with Gasteiger partial charge in [-0.3, -0.25) is 15.1 Å². The topological polar surface area (TPSA) is 56.0 Å². The second-order valence-corrected chi connectivity index (χ2v) is 3.11. The summed E-state index contributed by atoms with van der Waals surface area (Å²) < 4.78 is 37.1. The highest BCUT2D eigenvalue weighted by Crippen LogP contribution is 2.35. The van der Waals surface area contributed by atoms with Crippen LogP contribution in [0.4, 0.5) is 18.9 Å². The molecule has 1 aromatic rings. The summed E-state index contributed by atoms with van der Waals surface area (Å²) >= 11 is 2.78. The average molecular weight is 285 g/mol. The van der Waals surface area contributed by atoms with E-state index < -0.39 is 28.0 Å². The molecule has 15 heavy (non-hydrogen) atoms. The van der Waals surface area contributed by atoms with Gasteiger partial charge in [0.15, 0.2) is 5.69 Å². The quantitative estimate of drug-likeness (QED) is 0.477. The second kappa shape index (κ2) is 4.13. The summed E-state index contributed by atoms with van der Waals surface area (Å²) in [5.41, 5.74) is -2.28. The molecule has 0 saturated heterocycles. The third kappa shape index (κ3) is 2.44. The van der Waals surface area contributed by atoms with Crippen molar-refractivity contribution in [3.8, 4) is 0 Å². The van der Waals surface area contributed by atoms with Crippen molar-refractivity contribution < 1.29 is 18.1 Å². The lowest BCUT2D eigenvalue weighted by molar-refractivity contribution is -0.385. The average Bonchev–Trinajstić information content (AvgIpc) is 2.15. The van der Waals surface area contributed by atoms with Gasteiger partial charge < -0.3 is 0 Å². The Kier molecular flexibility index (Phi) is 3.28. The smallest absolute Gasteiger partial charge is 0.258 e. The molecule has 0 aliphatic carbocycles. The van der Waals surface area contributed by atoms with Gasteiger partial charge in [-0.25, -0.2) is 0 Å². The number of rotatable bonds is 2. The molecule has 4 nitrogen and oxygen atoms in total. The van der Waals surface area contributed by atoms with E-state index in [2.05, 4.69) is 20.9 Å². The normalized spacial score (nSPS) is 11.5. The molecule has 0 amide bonds. The summed E-state index contributed by atoms with van der Waals surface area (Å²) in [6.45, 7) is 0. The van der Waals surface area contributed by atoms with E-state index in [1.165, 1.54) is 0 Å². The Morgan fingerprint density at radius 2 is 2.13 bits per heavy atom. The zero-order valence-corrected chi connectivity index (χ0v) is 8.67. The number of pyridine rings is 1. The number of hydrogen-bond acceptors (Lipinski definition) is 3. The van der Waals surface area contributed by atoms with Crippen LogP contribution in [0.1, 0.15) is 11.3 Å². The number of nitrogens with zero attached hydrogens (tertiary/aromatic N) is 2. The van der Waals surface area contributed by atoms with Crippen LogP contribution in [0.15, 0.2) is 12.3 Å². The molecule has 0 unspecified atom stereocenters. The molecule has 8 heteroatoms. The van der Waals surface area contributed by atoms with Crippen molar-refractivity contribution in [2.45, 2.75) is 11.5 Å². The SMILES string of the molecule is O=[N+]([O-])c1ccnc(C(F)(F)F)c1CBr. The van der Waals surface area contributed by atoms with Crippen LogP contribution in [-0.4, -0.2) is 9.91 Å². The van der Waals surface area contributed by atoms with E-state index in [1.807, 2.05) is 0 Å². The molecule has 0 fully saturated rings. The molecule has 0 saturated carbocycles. The van der Waals surface area contributed by atoms with Crippen LogP contribution in [0, 0.1) is 10.1 Å². The van der Waals surface area contributed by atoms with Crippen molar-refractivity contribution in [1.29, 1.82) is 0 Å². The molecule has 1 rings (SSSR count). The molecular weight excluding hydrogens is 281 g/mol. The highest BCUT2D eigenvalue weighted by atomic mass is 79.9. The Morgan fingerprint density at radius 3 is 2.53 bits per heavy atom. The molecule has 0 aliphatic heterocycles. The van der Waals surface area contributed by atoms with Crippen LogP contribution in [0.2, 0.25) is 0 Å². The van der Waals surface area contributed by atoms with Gasteiger partial charge in [0.2, 0.25) is 0 Å². The summed E-state index contributed by atoms with van der Waals surface area (Å²) in [6.07, 6.45) is -3.91. The highest BCUT2D eigenvalue weighted by molar-refractivity contribution is 9.08. The third-order valence-electron chi connectivity index (χ3n) is 1.63. The van der Waals surface area contributed by atoms with E-state index in [9.17, 15) is 23.3 Å². The van der Waals surface area contributed by atoms with E-state index in [0.717, 1.165) is 12.3 Å². The zero-order valence-electron chi connectivity index (χ0n) is 7.08. The molecule has 0 bridgehead atoms. The molecule has 0 aliphatic rings. The first-order valence-electron chi connectivity index (χ1n) is 3.63. The third-order valence-corrected chi connectivity index (χ3v) is 2.19. The van der Waals surface area contributed by atoms with Crippen LogP contribution in [0.3, 0.4) is 0 Å². The lowest BCUT2D eigenvalue weighted by Gasteiger charge is -2.09. The molecule has 82 valence electrons. The van der Waals surface area contributed by atoms with Crippen LogP contribution in [0.5, 0.6) is 0 Å². The fourth-order valence-electron chi connectivity index (χ4n) is 1.03. The number of hydrogen-bond donors (Lipinski definition) is 0. The molecule has 0 radical (unpaired) electrons. The maximum absolute atomic E-state index is 12.4. The Balaban J connectivity index is 3.42. The minimum Gasteiger partial charge on any atom is -0.258 e.